The highest BCUT2D eigenvalue weighted by Crippen LogP contribution is 2.39. The van der Waals surface area contributed by atoms with Gasteiger partial charge in [-0.3, -0.25) is 9.59 Å². The molecule has 3 atom stereocenters. The first-order valence-electron chi connectivity index (χ1n) is 11.3. The Hall–Kier alpha value is -2.78. The van der Waals surface area contributed by atoms with E-state index in [1.165, 1.54) is 24.3 Å². The van der Waals surface area contributed by atoms with Crippen LogP contribution >= 0.6 is 0 Å². The molecule has 0 spiro atoms. The molecule has 7 nitrogen and oxygen atoms in total. The topological polar surface area (TPSA) is 90.0 Å². The van der Waals surface area contributed by atoms with Crippen molar-refractivity contribution in [1.82, 2.24) is 4.31 Å². The summed E-state index contributed by atoms with van der Waals surface area (Å²) in [4.78, 5) is 25.5. The van der Waals surface area contributed by atoms with Crippen molar-refractivity contribution in [2.75, 3.05) is 19.8 Å². The van der Waals surface area contributed by atoms with E-state index in [1.807, 2.05) is 6.92 Å². The summed E-state index contributed by atoms with van der Waals surface area (Å²) in [6, 6.07) is 11.1. The SMILES string of the molecule is CCOC(=O)C[C@@H]1[C@@H](Cc2ccc(F)cc2)CN(S(=O)(=O)c2ccc(C)cc2)[C@@H]1C(=O)OCC. The molecular formula is C25H30FNO6S. The molecule has 1 heterocycles. The van der Waals surface area contributed by atoms with E-state index in [0.717, 1.165) is 15.4 Å². The molecule has 0 aromatic heterocycles. The summed E-state index contributed by atoms with van der Waals surface area (Å²) in [5.41, 5.74) is 1.68. The fourth-order valence-corrected chi connectivity index (χ4v) is 6.07. The van der Waals surface area contributed by atoms with Crippen LogP contribution in [0.2, 0.25) is 0 Å². The van der Waals surface area contributed by atoms with Gasteiger partial charge in [0.15, 0.2) is 0 Å². The Kier molecular flexibility index (Phi) is 8.43. The van der Waals surface area contributed by atoms with Crippen LogP contribution in [-0.2, 0) is 35.5 Å². The number of hydrogen-bond donors (Lipinski definition) is 0. The molecule has 0 aliphatic carbocycles. The van der Waals surface area contributed by atoms with Gasteiger partial charge < -0.3 is 9.47 Å². The fourth-order valence-electron chi connectivity index (χ4n) is 4.39. The van der Waals surface area contributed by atoms with Gasteiger partial charge >= 0.3 is 11.9 Å². The third kappa shape index (κ3) is 5.82. The number of carbonyl (C=O) groups is 2. The first-order valence-corrected chi connectivity index (χ1v) is 12.8. The van der Waals surface area contributed by atoms with Gasteiger partial charge in [0.05, 0.1) is 24.5 Å². The van der Waals surface area contributed by atoms with Gasteiger partial charge in [-0.05, 0) is 62.9 Å². The number of rotatable bonds is 9. The lowest BCUT2D eigenvalue weighted by atomic mass is 9.83. The maximum atomic E-state index is 13.6. The van der Waals surface area contributed by atoms with E-state index in [9.17, 15) is 22.4 Å². The van der Waals surface area contributed by atoms with Gasteiger partial charge in [-0.15, -0.1) is 0 Å². The predicted molar refractivity (Wildman–Crippen MR) is 124 cm³/mol. The molecule has 0 unspecified atom stereocenters. The van der Waals surface area contributed by atoms with E-state index >= 15 is 0 Å². The van der Waals surface area contributed by atoms with Crippen molar-refractivity contribution in [3.05, 3.63) is 65.5 Å². The summed E-state index contributed by atoms with van der Waals surface area (Å²) in [7, 11) is -4.06. The minimum absolute atomic E-state index is 0.0150. The van der Waals surface area contributed by atoms with Crippen molar-refractivity contribution < 1.29 is 31.9 Å². The molecule has 3 rings (SSSR count). The number of aryl methyl sites for hydroxylation is 1. The number of benzene rings is 2. The largest absolute Gasteiger partial charge is 0.466 e. The summed E-state index contributed by atoms with van der Waals surface area (Å²) >= 11 is 0. The van der Waals surface area contributed by atoms with Crippen molar-refractivity contribution in [1.29, 1.82) is 0 Å². The third-order valence-electron chi connectivity index (χ3n) is 6.01. The standard InChI is InChI=1S/C25H30FNO6S/c1-4-32-23(28)15-22-19(14-18-8-10-20(26)11-9-18)16-27(24(22)25(29)33-5-2)34(30,31)21-12-6-17(3)7-13-21/h6-13,19,22,24H,4-5,14-16H2,1-3H3/t19-,22+,24-/m0/s1. The molecule has 1 fully saturated rings. The van der Waals surface area contributed by atoms with Crippen molar-refractivity contribution >= 4 is 22.0 Å². The molecule has 2 aromatic carbocycles. The molecule has 0 radical (unpaired) electrons. The molecule has 34 heavy (non-hydrogen) atoms. The summed E-state index contributed by atoms with van der Waals surface area (Å²) in [6.07, 6.45) is 0.225. The number of hydrogen-bond acceptors (Lipinski definition) is 6. The Balaban J connectivity index is 2.03. The number of nitrogens with zero attached hydrogens (tertiary/aromatic N) is 1. The Bertz CT molecular complexity index is 1100. The van der Waals surface area contributed by atoms with Crippen molar-refractivity contribution in [3.63, 3.8) is 0 Å². The van der Waals surface area contributed by atoms with E-state index in [1.54, 1.807) is 38.1 Å². The zero-order valence-corrected chi connectivity index (χ0v) is 20.4. The summed E-state index contributed by atoms with van der Waals surface area (Å²) in [5, 5.41) is 0. The Morgan fingerprint density at radius 3 is 2.21 bits per heavy atom. The molecule has 1 saturated heterocycles. The fraction of sp³-hybridized carbons (Fsp3) is 0.440. The summed E-state index contributed by atoms with van der Waals surface area (Å²) in [6.45, 7) is 5.43. The van der Waals surface area contributed by atoms with Crippen LogP contribution in [0.5, 0.6) is 0 Å². The van der Waals surface area contributed by atoms with Gasteiger partial charge in [-0.1, -0.05) is 29.8 Å². The average Bonchev–Trinajstić information content (AvgIpc) is 3.14. The maximum Gasteiger partial charge on any atom is 0.324 e. The monoisotopic (exact) mass is 491 g/mol. The van der Waals surface area contributed by atoms with Gasteiger partial charge in [0.2, 0.25) is 10.0 Å². The number of carbonyl (C=O) groups excluding carboxylic acids is 2. The van der Waals surface area contributed by atoms with Crippen molar-refractivity contribution in [2.24, 2.45) is 11.8 Å². The molecule has 0 N–H and O–H groups in total. The smallest absolute Gasteiger partial charge is 0.324 e. The predicted octanol–water partition coefficient (Wildman–Crippen LogP) is 3.50. The van der Waals surface area contributed by atoms with Gasteiger partial charge in [0.25, 0.3) is 0 Å². The molecule has 9 heteroatoms. The number of ether oxygens (including phenoxy) is 2. The van der Waals surface area contributed by atoms with Crippen LogP contribution in [-0.4, -0.2) is 50.5 Å². The molecular weight excluding hydrogens is 461 g/mol. The Morgan fingerprint density at radius 2 is 1.62 bits per heavy atom. The average molecular weight is 492 g/mol. The number of esters is 2. The van der Waals surface area contributed by atoms with Crippen LogP contribution in [0, 0.1) is 24.6 Å². The van der Waals surface area contributed by atoms with E-state index in [4.69, 9.17) is 9.47 Å². The molecule has 0 saturated carbocycles. The van der Waals surface area contributed by atoms with Gasteiger partial charge in [-0.25, -0.2) is 12.8 Å². The molecule has 0 amide bonds. The second-order valence-corrected chi connectivity index (χ2v) is 10.2. The Morgan fingerprint density at radius 1 is 1.00 bits per heavy atom. The Labute approximate surface area is 199 Å². The third-order valence-corrected chi connectivity index (χ3v) is 7.87. The van der Waals surface area contributed by atoms with Crippen molar-refractivity contribution in [2.45, 2.75) is 44.6 Å². The molecule has 2 aromatic rings. The van der Waals surface area contributed by atoms with Crippen molar-refractivity contribution in [3.8, 4) is 0 Å². The van der Waals surface area contributed by atoms with Crippen LogP contribution in [0.3, 0.4) is 0 Å². The first kappa shape index (κ1) is 25.8. The highest BCUT2D eigenvalue weighted by molar-refractivity contribution is 7.89. The molecule has 1 aliphatic rings. The normalized spacial score (nSPS) is 20.8. The minimum Gasteiger partial charge on any atom is -0.466 e. The van der Waals surface area contributed by atoms with E-state index in [0.29, 0.717) is 6.42 Å². The van der Waals surface area contributed by atoms with E-state index in [-0.39, 0.29) is 42.8 Å². The van der Waals surface area contributed by atoms with Gasteiger partial charge in [-0.2, -0.15) is 4.31 Å². The lowest BCUT2D eigenvalue weighted by Crippen LogP contribution is -2.44. The lowest BCUT2D eigenvalue weighted by molar-refractivity contribution is -0.150. The van der Waals surface area contributed by atoms with E-state index in [2.05, 4.69) is 0 Å². The van der Waals surface area contributed by atoms with Crippen LogP contribution in [0.15, 0.2) is 53.4 Å². The quantitative estimate of drug-likeness (QED) is 0.499. The first-order chi connectivity index (χ1) is 16.2. The molecule has 1 aliphatic heterocycles. The molecule has 0 bridgehead atoms. The van der Waals surface area contributed by atoms with Crippen LogP contribution in [0.4, 0.5) is 4.39 Å². The van der Waals surface area contributed by atoms with Crippen LogP contribution < -0.4 is 0 Å². The number of halogens is 1. The summed E-state index contributed by atoms with van der Waals surface area (Å²) < 4.78 is 52.2. The van der Waals surface area contributed by atoms with Gasteiger partial charge in [0.1, 0.15) is 11.9 Å². The molecule has 184 valence electrons. The second kappa shape index (κ2) is 11.1. The second-order valence-electron chi connectivity index (χ2n) is 8.35. The number of sulfonamides is 1. The van der Waals surface area contributed by atoms with Gasteiger partial charge in [0, 0.05) is 12.5 Å². The highest BCUT2D eigenvalue weighted by atomic mass is 32.2. The minimum atomic E-state index is -4.06. The summed E-state index contributed by atoms with van der Waals surface area (Å²) in [5.74, 6) is -2.64. The van der Waals surface area contributed by atoms with Crippen LogP contribution in [0.1, 0.15) is 31.4 Å². The zero-order valence-electron chi connectivity index (χ0n) is 19.6. The maximum absolute atomic E-state index is 13.6. The van der Waals surface area contributed by atoms with E-state index < -0.39 is 33.9 Å². The van der Waals surface area contributed by atoms with Crippen LogP contribution in [0.25, 0.3) is 0 Å². The zero-order chi connectivity index (χ0) is 24.9. The lowest BCUT2D eigenvalue weighted by Gasteiger charge is -2.26. The highest BCUT2D eigenvalue weighted by Gasteiger charge is 2.52.